The van der Waals surface area contributed by atoms with Crippen LogP contribution in [0.3, 0.4) is 0 Å². The molecule has 1 fully saturated rings. The maximum Gasteiger partial charge on any atom is 0.446 e. The van der Waals surface area contributed by atoms with Gasteiger partial charge in [0.1, 0.15) is 11.4 Å². The summed E-state index contributed by atoms with van der Waals surface area (Å²) in [5.74, 6) is 1.15. The number of nitrogens with one attached hydrogen (secondary N) is 2. The minimum Gasteiger partial charge on any atom is -0.348 e. The third-order valence-electron chi connectivity index (χ3n) is 6.72. The normalized spacial score (nSPS) is 15.5. The van der Waals surface area contributed by atoms with E-state index in [1.165, 1.54) is 12.8 Å². The lowest BCUT2D eigenvalue weighted by molar-refractivity contribution is -0.156. The quantitative estimate of drug-likeness (QED) is 0.423. The second-order valence-electron chi connectivity index (χ2n) is 10.2. The van der Waals surface area contributed by atoms with Gasteiger partial charge in [0.2, 0.25) is 6.29 Å². The van der Waals surface area contributed by atoms with Crippen molar-refractivity contribution in [2.75, 3.05) is 0 Å². The number of aromatic nitrogens is 3. The number of aryl methyl sites for hydroxylation is 1. The van der Waals surface area contributed by atoms with Crippen LogP contribution < -0.4 is 5.32 Å². The van der Waals surface area contributed by atoms with Gasteiger partial charge >= 0.3 is 6.18 Å². The molecule has 0 unspecified atom stereocenters. The molecule has 5 rings (SSSR count). The first-order valence-corrected chi connectivity index (χ1v) is 12.7. The molecule has 3 heterocycles. The van der Waals surface area contributed by atoms with Gasteiger partial charge in [0, 0.05) is 36.1 Å². The zero-order valence-electron chi connectivity index (χ0n) is 22.1. The SMILES string of the molecule is Cc1[nH]c(-c2cc(-c3ccc4c(c3)CN([C@@H](C)C3CC3)C4=O)ccn2)nc1C(=O)NC(C)C.O=CC(F)(F)F. The van der Waals surface area contributed by atoms with E-state index in [9.17, 15) is 22.8 Å². The lowest BCUT2D eigenvalue weighted by Crippen LogP contribution is -2.34. The third kappa shape index (κ3) is 6.52. The first kappa shape index (κ1) is 28.0. The Morgan fingerprint density at radius 2 is 1.82 bits per heavy atom. The van der Waals surface area contributed by atoms with Crippen molar-refractivity contribution in [2.45, 2.75) is 65.3 Å². The van der Waals surface area contributed by atoms with E-state index < -0.39 is 12.5 Å². The zero-order valence-corrected chi connectivity index (χ0v) is 22.1. The number of aldehydes is 1. The lowest BCUT2D eigenvalue weighted by Gasteiger charge is -2.23. The second-order valence-corrected chi connectivity index (χ2v) is 10.2. The molecule has 0 bridgehead atoms. The van der Waals surface area contributed by atoms with Gasteiger partial charge in [-0.05, 0) is 87.4 Å². The number of imidazole rings is 1. The summed E-state index contributed by atoms with van der Waals surface area (Å²) >= 11 is 0. The van der Waals surface area contributed by atoms with Gasteiger partial charge < -0.3 is 15.2 Å². The Morgan fingerprint density at radius 1 is 1.15 bits per heavy atom. The fraction of sp³-hybridized carbons (Fsp3) is 0.393. The van der Waals surface area contributed by atoms with E-state index >= 15 is 0 Å². The van der Waals surface area contributed by atoms with Crippen LogP contribution in [0, 0.1) is 12.8 Å². The number of benzene rings is 1. The lowest BCUT2D eigenvalue weighted by atomic mass is 10.0. The smallest absolute Gasteiger partial charge is 0.348 e. The van der Waals surface area contributed by atoms with Crippen molar-refractivity contribution in [3.05, 3.63) is 59.0 Å². The molecule has 2 aliphatic rings. The number of fused-ring (bicyclic) bond motifs is 1. The molecule has 2 N–H and O–H groups in total. The molecule has 3 aromatic rings. The van der Waals surface area contributed by atoms with Crippen LogP contribution in [0.2, 0.25) is 0 Å². The number of alkyl halides is 3. The monoisotopic (exact) mass is 541 g/mol. The Kier molecular flexibility index (Phi) is 7.89. The number of hydrogen-bond donors (Lipinski definition) is 2. The third-order valence-corrected chi connectivity index (χ3v) is 6.72. The van der Waals surface area contributed by atoms with Crippen molar-refractivity contribution < 1.29 is 27.6 Å². The number of halogens is 3. The standard InChI is InChI=1S/C26H29N5O2.C2HF3O/c1-14(2)28-25(32)23-15(3)29-24(30-23)22-12-19(9-10-27-22)18-7-8-21-20(11-18)13-31(26(21)33)16(4)17-5-6-17;3-2(4,5)1-6/h7-12,14,16-17H,5-6,13H2,1-4H3,(H,28,32)(H,29,30);1H/t16-;/m0./s1. The minimum atomic E-state index is -4.64. The largest absolute Gasteiger partial charge is 0.446 e. The van der Waals surface area contributed by atoms with Gasteiger partial charge in [0.05, 0.1) is 0 Å². The first-order valence-electron chi connectivity index (χ1n) is 12.7. The van der Waals surface area contributed by atoms with Crippen LogP contribution >= 0.6 is 0 Å². The molecule has 1 aliphatic heterocycles. The molecule has 0 saturated heterocycles. The number of carbonyl (C=O) groups excluding carboxylic acids is 3. The van der Waals surface area contributed by atoms with Crippen molar-refractivity contribution in [3.8, 4) is 22.6 Å². The van der Waals surface area contributed by atoms with E-state index in [2.05, 4.69) is 33.3 Å². The number of hydrogen-bond acceptors (Lipinski definition) is 5. The van der Waals surface area contributed by atoms with Crippen LogP contribution in [-0.4, -0.2) is 56.2 Å². The van der Waals surface area contributed by atoms with E-state index in [4.69, 9.17) is 4.79 Å². The van der Waals surface area contributed by atoms with E-state index in [-0.39, 0.29) is 17.9 Å². The van der Waals surface area contributed by atoms with Gasteiger partial charge in [0.25, 0.3) is 11.8 Å². The number of rotatable bonds is 6. The second kappa shape index (κ2) is 11.0. The van der Waals surface area contributed by atoms with E-state index in [0.29, 0.717) is 41.4 Å². The Labute approximate surface area is 224 Å². The summed E-state index contributed by atoms with van der Waals surface area (Å²) in [5, 5.41) is 2.88. The Bertz CT molecular complexity index is 1400. The highest BCUT2D eigenvalue weighted by Crippen LogP contribution is 2.39. The average molecular weight is 542 g/mol. The molecule has 2 amide bonds. The summed E-state index contributed by atoms with van der Waals surface area (Å²) in [6.45, 7) is 8.51. The van der Waals surface area contributed by atoms with E-state index in [0.717, 1.165) is 22.3 Å². The summed E-state index contributed by atoms with van der Waals surface area (Å²) in [6.07, 6.45) is -1.51. The first-order chi connectivity index (χ1) is 18.4. The maximum atomic E-state index is 12.9. The maximum absolute atomic E-state index is 12.9. The molecule has 1 aliphatic carbocycles. The highest BCUT2D eigenvalue weighted by atomic mass is 19.4. The highest BCUT2D eigenvalue weighted by molar-refractivity contribution is 5.99. The molecule has 2 aromatic heterocycles. The van der Waals surface area contributed by atoms with Gasteiger partial charge in [0.15, 0.2) is 5.82 Å². The topological polar surface area (TPSA) is 108 Å². The summed E-state index contributed by atoms with van der Waals surface area (Å²) in [4.78, 5) is 48.2. The predicted octanol–water partition coefficient (Wildman–Crippen LogP) is 5.09. The van der Waals surface area contributed by atoms with Gasteiger partial charge in [-0.25, -0.2) is 4.98 Å². The van der Waals surface area contributed by atoms with Crippen LogP contribution in [0.5, 0.6) is 0 Å². The summed E-state index contributed by atoms with van der Waals surface area (Å²) in [5.41, 5.74) is 5.66. The van der Waals surface area contributed by atoms with Crippen LogP contribution in [0.25, 0.3) is 22.6 Å². The Hall–Kier alpha value is -4.02. The summed E-state index contributed by atoms with van der Waals surface area (Å²) < 4.78 is 31.2. The predicted molar refractivity (Wildman–Crippen MR) is 139 cm³/mol. The molecule has 39 heavy (non-hydrogen) atoms. The molecule has 1 aromatic carbocycles. The molecule has 0 radical (unpaired) electrons. The molecule has 11 heteroatoms. The van der Waals surface area contributed by atoms with Crippen molar-refractivity contribution in [3.63, 3.8) is 0 Å². The fourth-order valence-corrected chi connectivity index (χ4v) is 4.56. The molecule has 0 spiro atoms. The summed E-state index contributed by atoms with van der Waals surface area (Å²) in [7, 11) is 0. The van der Waals surface area contributed by atoms with Crippen molar-refractivity contribution in [1.29, 1.82) is 0 Å². The Morgan fingerprint density at radius 3 is 2.44 bits per heavy atom. The molecule has 1 atom stereocenters. The van der Waals surface area contributed by atoms with Crippen molar-refractivity contribution >= 4 is 18.1 Å². The van der Waals surface area contributed by atoms with E-state index in [1.54, 1.807) is 6.20 Å². The number of nitrogens with zero attached hydrogens (tertiary/aromatic N) is 3. The number of carbonyl (C=O) groups is 3. The van der Waals surface area contributed by atoms with Gasteiger partial charge in [-0.1, -0.05) is 6.07 Å². The number of aromatic amines is 1. The van der Waals surface area contributed by atoms with Gasteiger partial charge in [-0.3, -0.25) is 19.4 Å². The molecule has 206 valence electrons. The number of amides is 2. The van der Waals surface area contributed by atoms with Crippen molar-refractivity contribution in [2.24, 2.45) is 5.92 Å². The van der Waals surface area contributed by atoms with Crippen LogP contribution in [0.1, 0.15) is 65.7 Å². The molecular formula is C28H30F3N5O3. The van der Waals surface area contributed by atoms with Crippen molar-refractivity contribution in [1.82, 2.24) is 25.2 Å². The fourth-order valence-electron chi connectivity index (χ4n) is 4.56. The van der Waals surface area contributed by atoms with Gasteiger partial charge in [-0.2, -0.15) is 13.2 Å². The van der Waals surface area contributed by atoms with Crippen LogP contribution in [-0.2, 0) is 11.3 Å². The highest BCUT2D eigenvalue weighted by Gasteiger charge is 2.38. The van der Waals surface area contributed by atoms with Crippen LogP contribution in [0.15, 0.2) is 36.5 Å². The number of pyridine rings is 1. The van der Waals surface area contributed by atoms with E-state index in [1.807, 2.05) is 49.9 Å². The minimum absolute atomic E-state index is 0.0355. The van der Waals surface area contributed by atoms with Gasteiger partial charge in [-0.15, -0.1) is 0 Å². The molecule has 1 saturated carbocycles. The summed E-state index contributed by atoms with van der Waals surface area (Å²) in [6, 6.07) is 10.3. The Balaban J connectivity index is 0.000000531. The molecular weight excluding hydrogens is 511 g/mol. The average Bonchev–Trinajstić information content (AvgIpc) is 3.59. The number of H-pyrrole nitrogens is 1. The van der Waals surface area contributed by atoms with Crippen LogP contribution in [0.4, 0.5) is 13.2 Å². The zero-order chi connectivity index (χ0) is 28.5. The molecule has 8 nitrogen and oxygen atoms in total.